The van der Waals surface area contributed by atoms with Crippen molar-refractivity contribution in [1.82, 2.24) is 25.9 Å². The molecule has 0 amide bonds. The molecule has 6 rings (SSSR count). The van der Waals surface area contributed by atoms with Gasteiger partial charge in [-0.3, -0.25) is 9.91 Å². The molecule has 3 heterocycles. The quantitative estimate of drug-likeness (QED) is 0.138. The molecule has 1 aromatic heterocycles. The summed E-state index contributed by atoms with van der Waals surface area (Å²) in [7, 11) is 0. The van der Waals surface area contributed by atoms with Crippen LogP contribution in [0.1, 0.15) is 50.8 Å². The number of nitrogens with zero attached hydrogens (tertiary/aromatic N) is 4. The van der Waals surface area contributed by atoms with Gasteiger partial charge in [0.05, 0.1) is 28.0 Å². The normalized spacial score (nSPS) is 16.5. The van der Waals surface area contributed by atoms with Crippen LogP contribution >= 0.6 is 23.2 Å². The van der Waals surface area contributed by atoms with E-state index >= 15 is 0 Å². The molecule has 4 aromatic rings. The smallest absolute Gasteiger partial charge is 0.144 e. The highest BCUT2D eigenvalue weighted by Crippen LogP contribution is 2.36. The van der Waals surface area contributed by atoms with Gasteiger partial charge in [0.15, 0.2) is 0 Å². The number of hydrogen-bond acceptors (Lipinski definition) is 9. The first kappa shape index (κ1) is 31.7. The number of nitrogens with one attached hydrogen (secondary N) is 4. The first-order valence-corrected chi connectivity index (χ1v) is 15.9. The second kappa shape index (κ2) is 12.9. The third-order valence-corrected chi connectivity index (χ3v) is 9.09. The molecule has 1 atom stereocenters. The molecule has 2 aliphatic heterocycles. The lowest BCUT2D eigenvalue weighted by atomic mass is 9.98. The Labute approximate surface area is 278 Å². The van der Waals surface area contributed by atoms with E-state index in [9.17, 15) is 9.65 Å². The topological polar surface area (TPSA) is 117 Å². The molecule has 1 saturated heterocycles. The number of aromatic nitrogens is 1. The molecule has 2 aliphatic rings. The largest absolute Gasteiger partial charge is 0.383 e. The van der Waals surface area contributed by atoms with Crippen molar-refractivity contribution in [3.05, 3.63) is 99.6 Å². The Morgan fingerprint density at radius 2 is 1.76 bits per heavy atom. The van der Waals surface area contributed by atoms with Crippen LogP contribution in [-0.2, 0) is 0 Å². The van der Waals surface area contributed by atoms with Crippen LogP contribution in [0.3, 0.4) is 0 Å². The van der Waals surface area contributed by atoms with E-state index in [1.165, 1.54) is 12.1 Å². The first-order chi connectivity index (χ1) is 22.0. The van der Waals surface area contributed by atoms with Crippen LogP contribution in [0.25, 0.3) is 10.9 Å². The van der Waals surface area contributed by atoms with E-state index in [2.05, 4.69) is 69.5 Å². The molecule has 0 aliphatic carbocycles. The maximum absolute atomic E-state index is 13.9. The van der Waals surface area contributed by atoms with Gasteiger partial charge in [-0.1, -0.05) is 35.3 Å². The summed E-state index contributed by atoms with van der Waals surface area (Å²) >= 11 is 12.3. The number of benzene rings is 3. The van der Waals surface area contributed by atoms with E-state index in [0.29, 0.717) is 33.3 Å². The molecule has 0 spiro atoms. The van der Waals surface area contributed by atoms with Gasteiger partial charge in [0.2, 0.25) is 0 Å². The molecule has 0 bridgehead atoms. The lowest BCUT2D eigenvalue weighted by molar-refractivity contribution is 0.0570. The van der Waals surface area contributed by atoms with Gasteiger partial charge in [-0.2, -0.15) is 5.26 Å². The number of likely N-dealkylation sites (tertiary alicyclic amines) is 1. The van der Waals surface area contributed by atoms with Gasteiger partial charge in [-0.25, -0.2) is 9.37 Å². The maximum Gasteiger partial charge on any atom is 0.144 e. The minimum Gasteiger partial charge on any atom is -0.383 e. The van der Waals surface area contributed by atoms with Crippen LogP contribution in [0.15, 0.2) is 72.6 Å². The Hall–Kier alpha value is -4.27. The molecule has 1 fully saturated rings. The zero-order chi connectivity index (χ0) is 32.6. The highest BCUT2D eigenvalue weighted by molar-refractivity contribution is 6.31. The van der Waals surface area contributed by atoms with Crippen molar-refractivity contribution in [1.29, 1.82) is 5.26 Å². The third-order valence-electron chi connectivity index (χ3n) is 8.55. The number of nitriles is 1. The monoisotopic (exact) mass is 659 g/mol. The van der Waals surface area contributed by atoms with Crippen LogP contribution in [0.4, 0.5) is 27.3 Å². The molecule has 0 unspecified atom stereocenters. The van der Waals surface area contributed by atoms with E-state index in [1.807, 2.05) is 42.5 Å². The van der Waals surface area contributed by atoms with E-state index in [1.54, 1.807) is 6.07 Å². The van der Waals surface area contributed by atoms with Crippen LogP contribution in [0, 0.1) is 17.1 Å². The summed E-state index contributed by atoms with van der Waals surface area (Å²) in [5.74, 6) is -0.449. The van der Waals surface area contributed by atoms with Gasteiger partial charge in [0, 0.05) is 52.7 Å². The van der Waals surface area contributed by atoms with Crippen molar-refractivity contribution in [2.75, 3.05) is 29.5 Å². The predicted octanol–water partition coefficient (Wildman–Crippen LogP) is 7.46. The van der Waals surface area contributed by atoms with Gasteiger partial charge in [0.25, 0.3) is 0 Å². The number of hydrogen-bond donors (Lipinski definition) is 5. The summed E-state index contributed by atoms with van der Waals surface area (Å²) in [4.78, 5) is 7.00. The lowest BCUT2D eigenvalue weighted by Crippen LogP contribution is -2.52. The van der Waals surface area contributed by atoms with Crippen molar-refractivity contribution < 1.29 is 4.39 Å². The van der Waals surface area contributed by atoms with Crippen molar-refractivity contribution >= 4 is 57.0 Å². The summed E-state index contributed by atoms with van der Waals surface area (Å²) < 4.78 is 13.9. The van der Waals surface area contributed by atoms with Crippen LogP contribution < -0.4 is 27.3 Å². The maximum atomic E-state index is 13.9. The van der Waals surface area contributed by atoms with Gasteiger partial charge in [0.1, 0.15) is 23.3 Å². The summed E-state index contributed by atoms with van der Waals surface area (Å²) in [6.45, 7) is 8.86. The van der Waals surface area contributed by atoms with Gasteiger partial charge in [-0.15, -0.1) is 5.53 Å². The number of anilines is 4. The van der Waals surface area contributed by atoms with E-state index < -0.39 is 5.82 Å². The number of hydrazine groups is 2. The SMILES string of the molecule is CC(C)(C)N1CCC(N2C=C([C@@H](Nc3ccc4nc(N)c(C#N)c(Nc5ccc(F)c(Cl)c5)c4c3)c3ccc(Cl)cc3)NN2)CC1. The fraction of sp³-hybridized carbons (Fsp3) is 0.294. The van der Waals surface area contributed by atoms with Gasteiger partial charge in [-0.05, 0) is 87.7 Å². The zero-order valence-electron chi connectivity index (χ0n) is 25.8. The Morgan fingerprint density at radius 3 is 2.43 bits per heavy atom. The van der Waals surface area contributed by atoms with Crippen molar-refractivity contribution in [2.45, 2.75) is 51.2 Å². The van der Waals surface area contributed by atoms with Gasteiger partial charge < -0.3 is 21.8 Å². The predicted molar refractivity (Wildman–Crippen MR) is 184 cm³/mol. The molecular weight excluding hydrogens is 624 g/mol. The van der Waals surface area contributed by atoms with E-state index in [-0.39, 0.29) is 28.0 Å². The summed E-state index contributed by atoms with van der Waals surface area (Å²) in [6, 6.07) is 19.9. The number of halogens is 3. The molecule has 3 aromatic carbocycles. The van der Waals surface area contributed by atoms with Crippen LogP contribution in [0.5, 0.6) is 0 Å². The Morgan fingerprint density at radius 1 is 1.04 bits per heavy atom. The fourth-order valence-electron chi connectivity index (χ4n) is 6.00. The minimum atomic E-state index is -0.537. The molecule has 238 valence electrons. The molecule has 12 heteroatoms. The fourth-order valence-corrected chi connectivity index (χ4v) is 6.30. The van der Waals surface area contributed by atoms with Crippen molar-refractivity contribution in [2.24, 2.45) is 0 Å². The highest BCUT2D eigenvalue weighted by atomic mass is 35.5. The highest BCUT2D eigenvalue weighted by Gasteiger charge is 2.32. The van der Waals surface area contributed by atoms with Crippen LogP contribution in [0.2, 0.25) is 10.0 Å². The zero-order valence-corrected chi connectivity index (χ0v) is 27.3. The summed E-state index contributed by atoms with van der Waals surface area (Å²) in [5, 5.41) is 20.3. The van der Waals surface area contributed by atoms with Crippen molar-refractivity contribution in [3.8, 4) is 6.07 Å². The molecule has 6 N–H and O–H groups in total. The molecule has 0 saturated carbocycles. The van der Waals surface area contributed by atoms with E-state index in [4.69, 9.17) is 28.9 Å². The number of rotatable bonds is 7. The average molecular weight is 661 g/mol. The molecule has 46 heavy (non-hydrogen) atoms. The number of pyridine rings is 1. The van der Waals surface area contributed by atoms with Gasteiger partial charge >= 0.3 is 0 Å². The number of piperidine rings is 1. The number of fused-ring (bicyclic) bond motifs is 1. The third kappa shape index (κ3) is 6.64. The Kier molecular flexibility index (Phi) is 8.86. The Bertz CT molecular complexity index is 1820. The first-order valence-electron chi connectivity index (χ1n) is 15.1. The summed E-state index contributed by atoms with van der Waals surface area (Å²) in [5.41, 5.74) is 17.6. The average Bonchev–Trinajstić information content (AvgIpc) is 3.52. The van der Waals surface area contributed by atoms with E-state index in [0.717, 1.165) is 42.9 Å². The molecule has 0 radical (unpaired) electrons. The summed E-state index contributed by atoms with van der Waals surface area (Å²) in [6.07, 6.45) is 4.23. The Balaban J connectivity index is 1.33. The second-order valence-corrected chi connectivity index (χ2v) is 13.4. The standard InChI is InChI=1S/C34H36Cl2FN9/c1-34(2,3)45-14-12-24(13-15-45)46-19-30(43-44-46)31(20-4-6-21(35)7-5-20)40-22-9-11-29-25(16-22)32(26(18-38)33(39)42-29)41-23-8-10-28(37)27(36)17-23/h4-11,16-17,19,24,31,40,43-44H,12-15H2,1-3H3,(H3,39,41,42)/t31-/m0/s1. The second-order valence-electron chi connectivity index (χ2n) is 12.6. The van der Waals surface area contributed by atoms with Crippen molar-refractivity contribution in [3.63, 3.8) is 0 Å². The number of nitrogens with two attached hydrogens (primary N) is 1. The lowest BCUT2D eigenvalue weighted by Gasteiger charge is -2.42. The van der Waals surface area contributed by atoms with Crippen LogP contribution in [-0.4, -0.2) is 39.6 Å². The minimum absolute atomic E-state index is 0.0391. The number of nitrogen functional groups attached to an aromatic ring is 1. The molecular formula is C34H36Cl2FN9. The molecule has 9 nitrogen and oxygen atoms in total.